The molecule has 0 saturated heterocycles. The normalized spacial score (nSPS) is 36.3. The smallest absolute Gasteiger partial charge is 0.143 e. The molecule has 0 aromatic heterocycles. The lowest BCUT2D eigenvalue weighted by atomic mass is 9.70. The Labute approximate surface area is 72.3 Å². The molecule has 0 N–H and O–H groups in total. The summed E-state index contributed by atoms with van der Waals surface area (Å²) in [5, 5.41) is 0. The van der Waals surface area contributed by atoms with Crippen molar-refractivity contribution >= 4 is 11.6 Å². The summed E-state index contributed by atoms with van der Waals surface area (Å²) in [6.45, 7) is 0. The number of hydrogen-bond acceptors (Lipinski definition) is 2. The number of ketones is 2. The number of hydrogen-bond donors (Lipinski definition) is 0. The zero-order chi connectivity index (χ0) is 8.55. The Kier molecular flexibility index (Phi) is 1.99. The average molecular weight is 166 g/mol. The van der Waals surface area contributed by atoms with E-state index in [1.54, 1.807) is 0 Å². The van der Waals surface area contributed by atoms with Gasteiger partial charge in [0.25, 0.3) is 0 Å². The van der Waals surface area contributed by atoms with Crippen LogP contribution in [0.2, 0.25) is 0 Å². The molecule has 0 heterocycles. The third-order valence-corrected chi connectivity index (χ3v) is 3.18. The van der Waals surface area contributed by atoms with Crippen molar-refractivity contribution in [2.75, 3.05) is 0 Å². The molecule has 2 fully saturated rings. The Balaban J connectivity index is 2.11. The summed E-state index contributed by atoms with van der Waals surface area (Å²) in [5.74, 6) is 1.04. The van der Waals surface area contributed by atoms with Gasteiger partial charge >= 0.3 is 0 Å². The van der Waals surface area contributed by atoms with E-state index in [1.807, 2.05) is 0 Å². The van der Waals surface area contributed by atoms with E-state index in [0.29, 0.717) is 12.3 Å². The van der Waals surface area contributed by atoms with Crippen molar-refractivity contribution in [1.29, 1.82) is 0 Å². The first-order valence-electron chi connectivity index (χ1n) is 4.82. The first-order chi connectivity index (χ1) is 5.77. The molecule has 2 saturated carbocycles. The van der Waals surface area contributed by atoms with Crippen molar-refractivity contribution in [3.63, 3.8) is 0 Å². The molecule has 0 spiro atoms. The zero-order valence-corrected chi connectivity index (χ0v) is 7.21. The van der Waals surface area contributed by atoms with Gasteiger partial charge in [-0.2, -0.15) is 0 Å². The van der Waals surface area contributed by atoms with Crippen LogP contribution in [0, 0.1) is 11.8 Å². The molecule has 2 aliphatic rings. The van der Waals surface area contributed by atoms with Gasteiger partial charge in [0, 0.05) is 12.3 Å². The molecule has 0 aromatic carbocycles. The molecule has 2 rings (SSSR count). The molecule has 2 heteroatoms. The second-order valence-corrected chi connectivity index (χ2v) is 4.04. The van der Waals surface area contributed by atoms with Crippen LogP contribution in [0.3, 0.4) is 0 Å². The van der Waals surface area contributed by atoms with Crippen LogP contribution in [-0.4, -0.2) is 11.6 Å². The topological polar surface area (TPSA) is 34.1 Å². The van der Waals surface area contributed by atoms with E-state index in [0.717, 1.165) is 12.8 Å². The predicted molar refractivity (Wildman–Crippen MR) is 44.7 cm³/mol. The molecule has 0 amide bonds. The Bertz CT molecular complexity index is 220. The minimum Gasteiger partial charge on any atom is -0.299 e. The fraction of sp³-hybridized carbons (Fsp3) is 0.800. The standard InChI is InChI=1S/C10H14O2/c11-8-5-7-3-1-2-4-9(7)10(12)6-8/h7,9H,1-6H2. The first kappa shape index (κ1) is 7.96. The monoisotopic (exact) mass is 166 g/mol. The van der Waals surface area contributed by atoms with Crippen molar-refractivity contribution in [3.8, 4) is 0 Å². The molecule has 0 bridgehead atoms. The second-order valence-electron chi connectivity index (χ2n) is 4.04. The van der Waals surface area contributed by atoms with Crippen LogP contribution in [0.25, 0.3) is 0 Å². The van der Waals surface area contributed by atoms with Gasteiger partial charge in [-0.25, -0.2) is 0 Å². The molecule has 2 aliphatic carbocycles. The van der Waals surface area contributed by atoms with Crippen LogP contribution >= 0.6 is 0 Å². The highest BCUT2D eigenvalue weighted by molar-refractivity contribution is 6.02. The number of Topliss-reactive ketones (excluding diaryl/α,β-unsaturated/α-hetero) is 2. The predicted octanol–water partition coefficient (Wildman–Crippen LogP) is 1.72. The van der Waals surface area contributed by atoms with Crippen molar-refractivity contribution in [2.24, 2.45) is 11.8 Å². The Hall–Kier alpha value is -0.660. The van der Waals surface area contributed by atoms with Gasteiger partial charge in [-0.15, -0.1) is 0 Å². The molecule has 12 heavy (non-hydrogen) atoms. The maximum absolute atomic E-state index is 11.4. The third kappa shape index (κ3) is 1.30. The summed E-state index contributed by atoms with van der Waals surface area (Å²) < 4.78 is 0. The van der Waals surface area contributed by atoms with Crippen LogP contribution in [0.1, 0.15) is 38.5 Å². The number of carbonyl (C=O) groups excluding carboxylic acids is 2. The summed E-state index contributed by atoms with van der Waals surface area (Å²) in [5.41, 5.74) is 0. The fourth-order valence-corrected chi connectivity index (χ4v) is 2.57. The van der Waals surface area contributed by atoms with Crippen molar-refractivity contribution in [3.05, 3.63) is 0 Å². The molecule has 2 nitrogen and oxygen atoms in total. The zero-order valence-electron chi connectivity index (χ0n) is 7.21. The van der Waals surface area contributed by atoms with E-state index >= 15 is 0 Å². The van der Waals surface area contributed by atoms with E-state index in [9.17, 15) is 9.59 Å². The molecular formula is C10H14O2. The van der Waals surface area contributed by atoms with Gasteiger partial charge in [0.1, 0.15) is 11.6 Å². The SMILES string of the molecule is O=C1CC(=O)C2CCCCC2C1. The second kappa shape index (κ2) is 3.00. The summed E-state index contributed by atoms with van der Waals surface area (Å²) in [7, 11) is 0. The largest absolute Gasteiger partial charge is 0.299 e. The van der Waals surface area contributed by atoms with Crippen molar-refractivity contribution in [1.82, 2.24) is 0 Å². The first-order valence-corrected chi connectivity index (χ1v) is 4.82. The highest BCUT2D eigenvalue weighted by Gasteiger charge is 2.36. The van der Waals surface area contributed by atoms with E-state index in [-0.39, 0.29) is 23.9 Å². The van der Waals surface area contributed by atoms with Gasteiger partial charge in [0.05, 0.1) is 6.42 Å². The summed E-state index contributed by atoms with van der Waals surface area (Å²) in [6.07, 6.45) is 5.43. The molecule has 66 valence electrons. The van der Waals surface area contributed by atoms with Crippen LogP contribution < -0.4 is 0 Å². The van der Waals surface area contributed by atoms with Gasteiger partial charge in [-0.3, -0.25) is 9.59 Å². The summed E-state index contributed by atoms with van der Waals surface area (Å²) in [6, 6.07) is 0. The third-order valence-electron chi connectivity index (χ3n) is 3.18. The van der Waals surface area contributed by atoms with Crippen LogP contribution in [0.15, 0.2) is 0 Å². The van der Waals surface area contributed by atoms with E-state index in [1.165, 1.54) is 12.8 Å². The fourth-order valence-electron chi connectivity index (χ4n) is 2.57. The molecular weight excluding hydrogens is 152 g/mol. The van der Waals surface area contributed by atoms with Crippen molar-refractivity contribution in [2.45, 2.75) is 38.5 Å². The maximum Gasteiger partial charge on any atom is 0.143 e. The Morgan fingerprint density at radius 2 is 1.83 bits per heavy atom. The molecule has 0 aliphatic heterocycles. The van der Waals surface area contributed by atoms with Gasteiger partial charge in [-0.1, -0.05) is 12.8 Å². The maximum atomic E-state index is 11.4. The van der Waals surface area contributed by atoms with Gasteiger partial charge in [0.15, 0.2) is 0 Å². The number of carbonyl (C=O) groups is 2. The van der Waals surface area contributed by atoms with E-state index < -0.39 is 0 Å². The summed E-state index contributed by atoms with van der Waals surface area (Å²) in [4.78, 5) is 22.5. The average Bonchev–Trinajstić information content (AvgIpc) is 2.04. The number of rotatable bonds is 0. The molecule has 0 aromatic rings. The quantitative estimate of drug-likeness (QED) is 0.513. The molecule has 2 unspecified atom stereocenters. The van der Waals surface area contributed by atoms with Gasteiger partial charge in [-0.05, 0) is 18.8 Å². The van der Waals surface area contributed by atoms with Gasteiger partial charge in [0.2, 0.25) is 0 Å². The highest BCUT2D eigenvalue weighted by Crippen LogP contribution is 2.37. The highest BCUT2D eigenvalue weighted by atomic mass is 16.1. The van der Waals surface area contributed by atoms with Crippen LogP contribution in [-0.2, 0) is 9.59 Å². The Morgan fingerprint density at radius 1 is 1.08 bits per heavy atom. The number of fused-ring (bicyclic) bond motifs is 1. The summed E-state index contributed by atoms with van der Waals surface area (Å²) >= 11 is 0. The molecule has 2 atom stereocenters. The lowest BCUT2D eigenvalue weighted by Crippen LogP contribution is -2.35. The van der Waals surface area contributed by atoms with Gasteiger partial charge < -0.3 is 0 Å². The van der Waals surface area contributed by atoms with Crippen LogP contribution in [0.4, 0.5) is 0 Å². The lowest BCUT2D eigenvalue weighted by Gasteiger charge is -2.33. The Morgan fingerprint density at radius 3 is 2.67 bits per heavy atom. The van der Waals surface area contributed by atoms with E-state index in [2.05, 4.69) is 0 Å². The van der Waals surface area contributed by atoms with Crippen LogP contribution in [0.5, 0.6) is 0 Å². The lowest BCUT2D eigenvalue weighted by molar-refractivity contribution is -0.136. The molecule has 0 radical (unpaired) electrons. The van der Waals surface area contributed by atoms with E-state index in [4.69, 9.17) is 0 Å². The minimum absolute atomic E-state index is 0.170. The van der Waals surface area contributed by atoms with Crippen molar-refractivity contribution < 1.29 is 9.59 Å². The minimum atomic E-state index is 0.170.